The third-order valence-electron chi connectivity index (χ3n) is 4.38. The van der Waals surface area contributed by atoms with Crippen molar-refractivity contribution in [3.05, 3.63) is 69.2 Å². The summed E-state index contributed by atoms with van der Waals surface area (Å²) < 4.78 is 1.72. The molecule has 4 rings (SSSR count). The van der Waals surface area contributed by atoms with E-state index in [0.717, 1.165) is 23.2 Å². The Kier molecular flexibility index (Phi) is 4.09. The standard InChI is InChI=1S/C20H16ClN3O2/c1-12(25)22-16-5-2-13(3-6-16)10-14-8-9-24-19(14)23-18-11-15(21)4-7-17(18)20(24)26/h2-7,10-11H,8-9H2,1H3,(H,22,25)/b14-10+. The molecular formula is C20H16ClN3O2. The fraction of sp³-hybridized carbons (Fsp3) is 0.150. The fourth-order valence-corrected chi connectivity index (χ4v) is 3.36. The van der Waals surface area contributed by atoms with E-state index in [1.165, 1.54) is 6.92 Å². The first-order chi connectivity index (χ1) is 12.5. The molecule has 1 amide bonds. The zero-order valence-electron chi connectivity index (χ0n) is 14.1. The van der Waals surface area contributed by atoms with E-state index < -0.39 is 0 Å². The number of carbonyl (C=O) groups excluding carboxylic acids is 1. The van der Waals surface area contributed by atoms with E-state index in [4.69, 9.17) is 11.6 Å². The summed E-state index contributed by atoms with van der Waals surface area (Å²) in [5, 5.41) is 3.89. The number of hydrogen-bond acceptors (Lipinski definition) is 3. The SMILES string of the molecule is CC(=O)Nc1ccc(/C=C2\CCn3c2nc2cc(Cl)ccc2c3=O)cc1. The highest BCUT2D eigenvalue weighted by molar-refractivity contribution is 6.31. The van der Waals surface area contributed by atoms with Gasteiger partial charge in [0, 0.05) is 24.2 Å². The van der Waals surface area contributed by atoms with Gasteiger partial charge in [0.25, 0.3) is 5.56 Å². The van der Waals surface area contributed by atoms with E-state index in [-0.39, 0.29) is 11.5 Å². The van der Waals surface area contributed by atoms with Crippen LogP contribution in [0.15, 0.2) is 47.3 Å². The molecule has 0 saturated carbocycles. The van der Waals surface area contributed by atoms with Crippen LogP contribution >= 0.6 is 11.6 Å². The molecule has 0 bridgehead atoms. The lowest BCUT2D eigenvalue weighted by Crippen LogP contribution is -2.20. The molecule has 0 fully saturated rings. The van der Waals surface area contributed by atoms with Gasteiger partial charge in [0.05, 0.1) is 10.9 Å². The number of halogens is 1. The summed E-state index contributed by atoms with van der Waals surface area (Å²) in [6.45, 7) is 2.10. The Morgan fingerprint density at radius 2 is 2.00 bits per heavy atom. The van der Waals surface area contributed by atoms with Crippen molar-refractivity contribution in [3.63, 3.8) is 0 Å². The maximum absolute atomic E-state index is 12.7. The van der Waals surface area contributed by atoms with Gasteiger partial charge in [0.1, 0.15) is 5.82 Å². The van der Waals surface area contributed by atoms with Crippen LogP contribution in [0.5, 0.6) is 0 Å². The van der Waals surface area contributed by atoms with Crippen molar-refractivity contribution in [3.8, 4) is 0 Å². The molecule has 3 aromatic rings. The number of aromatic nitrogens is 2. The molecule has 130 valence electrons. The quantitative estimate of drug-likeness (QED) is 0.747. The zero-order chi connectivity index (χ0) is 18.3. The summed E-state index contributed by atoms with van der Waals surface area (Å²) in [7, 11) is 0. The molecule has 26 heavy (non-hydrogen) atoms. The summed E-state index contributed by atoms with van der Waals surface area (Å²) in [5.74, 6) is 0.589. The van der Waals surface area contributed by atoms with Gasteiger partial charge in [-0.2, -0.15) is 0 Å². The van der Waals surface area contributed by atoms with Crippen LogP contribution in [0.1, 0.15) is 24.7 Å². The number of fused-ring (bicyclic) bond motifs is 2. The minimum Gasteiger partial charge on any atom is -0.326 e. The predicted molar refractivity (Wildman–Crippen MR) is 104 cm³/mol. The zero-order valence-corrected chi connectivity index (χ0v) is 14.9. The highest BCUT2D eigenvalue weighted by Crippen LogP contribution is 2.28. The molecule has 1 aliphatic heterocycles. The van der Waals surface area contributed by atoms with Gasteiger partial charge >= 0.3 is 0 Å². The number of anilines is 1. The summed E-state index contributed by atoms with van der Waals surface area (Å²) in [6, 6.07) is 12.7. The lowest BCUT2D eigenvalue weighted by Gasteiger charge is -2.06. The summed E-state index contributed by atoms with van der Waals surface area (Å²) in [5.41, 5.74) is 3.33. The number of hydrogen-bond donors (Lipinski definition) is 1. The number of benzene rings is 2. The number of nitrogens with zero attached hydrogens (tertiary/aromatic N) is 2. The monoisotopic (exact) mass is 365 g/mol. The van der Waals surface area contributed by atoms with Gasteiger partial charge < -0.3 is 5.32 Å². The molecule has 0 radical (unpaired) electrons. The Morgan fingerprint density at radius 3 is 2.73 bits per heavy atom. The summed E-state index contributed by atoms with van der Waals surface area (Å²) in [4.78, 5) is 28.5. The minimum atomic E-state index is -0.102. The smallest absolute Gasteiger partial charge is 0.261 e. The van der Waals surface area contributed by atoms with Crippen molar-refractivity contribution in [1.82, 2.24) is 9.55 Å². The lowest BCUT2D eigenvalue weighted by atomic mass is 10.1. The molecule has 2 heterocycles. The molecule has 2 aromatic carbocycles. The first-order valence-corrected chi connectivity index (χ1v) is 8.68. The molecule has 0 aliphatic carbocycles. The van der Waals surface area contributed by atoms with Crippen molar-refractivity contribution >= 4 is 45.7 Å². The van der Waals surface area contributed by atoms with Gasteiger partial charge in [-0.05, 0) is 54.0 Å². The van der Waals surface area contributed by atoms with Crippen molar-refractivity contribution in [2.45, 2.75) is 19.9 Å². The Bertz CT molecular complexity index is 1110. The first kappa shape index (κ1) is 16.5. The van der Waals surface area contributed by atoms with Crippen LogP contribution in [0.2, 0.25) is 5.02 Å². The number of nitrogens with one attached hydrogen (secondary N) is 1. The third kappa shape index (κ3) is 3.02. The Hall–Kier alpha value is -2.92. The summed E-state index contributed by atoms with van der Waals surface area (Å²) in [6.07, 6.45) is 2.78. The van der Waals surface area contributed by atoms with E-state index in [0.29, 0.717) is 28.3 Å². The van der Waals surface area contributed by atoms with Crippen LogP contribution in [0.3, 0.4) is 0 Å². The molecule has 0 spiro atoms. The van der Waals surface area contributed by atoms with E-state index in [9.17, 15) is 9.59 Å². The number of allylic oxidation sites excluding steroid dienone is 1. The first-order valence-electron chi connectivity index (χ1n) is 8.30. The molecule has 1 N–H and O–H groups in total. The van der Waals surface area contributed by atoms with Crippen LogP contribution in [-0.4, -0.2) is 15.5 Å². The van der Waals surface area contributed by atoms with Gasteiger partial charge in [0.15, 0.2) is 0 Å². The third-order valence-corrected chi connectivity index (χ3v) is 4.62. The van der Waals surface area contributed by atoms with Crippen molar-refractivity contribution in [2.75, 3.05) is 5.32 Å². The highest BCUT2D eigenvalue weighted by Gasteiger charge is 2.20. The maximum Gasteiger partial charge on any atom is 0.261 e. The van der Waals surface area contributed by atoms with Crippen LogP contribution in [0, 0.1) is 0 Å². The van der Waals surface area contributed by atoms with Gasteiger partial charge in [0.2, 0.25) is 5.91 Å². The maximum atomic E-state index is 12.7. The van der Waals surface area contributed by atoms with Gasteiger partial charge in [-0.1, -0.05) is 23.7 Å². The molecular weight excluding hydrogens is 350 g/mol. The minimum absolute atomic E-state index is 0.0360. The van der Waals surface area contributed by atoms with Gasteiger partial charge in [-0.3, -0.25) is 14.2 Å². The summed E-state index contributed by atoms with van der Waals surface area (Å²) >= 11 is 6.05. The molecule has 1 aromatic heterocycles. The van der Waals surface area contributed by atoms with E-state index in [1.54, 1.807) is 22.8 Å². The normalized spacial score (nSPS) is 14.6. The average Bonchev–Trinajstić information content (AvgIpc) is 2.99. The van der Waals surface area contributed by atoms with Crippen molar-refractivity contribution in [1.29, 1.82) is 0 Å². The van der Waals surface area contributed by atoms with Crippen molar-refractivity contribution in [2.24, 2.45) is 0 Å². The average molecular weight is 366 g/mol. The molecule has 0 saturated heterocycles. The molecule has 6 heteroatoms. The Balaban J connectivity index is 1.75. The van der Waals surface area contributed by atoms with Crippen LogP contribution in [0.4, 0.5) is 5.69 Å². The lowest BCUT2D eigenvalue weighted by molar-refractivity contribution is -0.114. The topological polar surface area (TPSA) is 64.0 Å². The second-order valence-electron chi connectivity index (χ2n) is 6.28. The van der Waals surface area contributed by atoms with Crippen molar-refractivity contribution < 1.29 is 4.79 Å². The van der Waals surface area contributed by atoms with Crippen LogP contribution in [-0.2, 0) is 11.3 Å². The van der Waals surface area contributed by atoms with E-state index >= 15 is 0 Å². The van der Waals surface area contributed by atoms with E-state index in [1.807, 2.05) is 30.3 Å². The van der Waals surface area contributed by atoms with Crippen LogP contribution in [0.25, 0.3) is 22.6 Å². The number of amides is 1. The number of carbonyl (C=O) groups is 1. The largest absolute Gasteiger partial charge is 0.326 e. The number of rotatable bonds is 2. The molecule has 0 unspecified atom stereocenters. The predicted octanol–water partition coefficient (Wildman–Crippen LogP) is 3.95. The van der Waals surface area contributed by atoms with E-state index in [2.05, 4.69) is 10.3 Å². The molecule has 5 nitrogen and oxygen atoms in total. The fourth-order valence-electron chi connectivity index (χ4n) is 3.19. The Labute approximate surface area is 154 Å². The van der Waals surface area contributed by atoms with Gasteiger partial charge in [-0.15, -0.1) is 0 Å². The molecule has 1 aliphatic rings. The second-order valence-corrected chi connectivity index (χ2v) is 6.71. The second kappa shape index (κ2) is 6.42. The molecule has 0 atom stereocenters. The Morgan fingerprint density at radius 1 is 1.23 bits per heavy atom. The van der Waals surface area contributed by atoms with Gasteiger partial charge in [-0.25, -0.2) is 4.98 Å². The van der Waals surface area contributed by atoms with Crippen LogP contribution < -0.4 is 10.9 Å². The highest BCUT2D eigenvalue weighted by atomic mass is 35.5.